The molecule has 0 saturated heterocycles. The maximum absolute atomic E-state index is 12.7. The highest BCUT2D eigenvalue weighted by Crippen LogP contribution is 2.35. The Morgan fingerprint density at radius 1 is 0.774 bits per heavy atom. The van der Waals surface area contributed by atoms with Gasteiger partial charge in [0.2, 0.25) is 0 Å². The molecule has 0 aliphatic carbocycles. The van der Waals surface area contributed by atoms with Crippen molar-refractivity contribution >= 4 is 39.7 Å². The number of hydrogen-bond donors (Lipinski definition) is 0. The molecule has 5 rings (SSSR count). The van der Waals surface area contributed by atoms with E-state index in [1.807, 2.05) is 41.1 Å². The smallest absolute Gasteiger partial charge is 0.343 e. The number of esters is 1. The first-order chi connectivity index (χ1) is 15.2. The van der Waals surface area contributed by atoms with Crippen LogP contribution in [0, 0.1) is 0 Å². The van der Waals surface area contributed by atoms with Crippen LogP contribution in [0.25, 0.3) is 32.2 Å². The Balaban J connectivity index is 1.53. The number of fused-ring (bicyclic) bond motifs is 1. The van der Waals surface area contributed by atoms with Crippen LogP contribution in [0.1, 0.15) is 10.4 Å². The average Bonchev–Trinajstić information content (AvgIpc) is 3.53. The molecule has 152 valence electrons. The van der Waals surface area contributed by atoms with Crippen molar-refractivity contribution in [1.82, 2.24) is 9.97 Å². The number of carbonyl (C=O) groups excluding carboxylic acids is 1. The third kappa shape index (κ3) is 3.93. The Morgan fingerprint density at radius 3 is 1.97 bits per heavy atom. The van der Waals surface area contributed by atoms with Crippen molar-refractivity contribution in [3.05, 3.63) is 83.1 Å². The summed E-state index contributed by atoms with van der Waals surface area (Å²) in [6.07, 6.45) is 0. The molecule has 0 radical (unpaired) electrons. The summed E-state index contributed by atoms with van der Waals surface area (Å²) in [5, 5.41) is 4.04. The van der Waals surface area contributed by atoms with E-state index in [2.05, 4.69) is 0 Å². The lowest BCUT2D eigenvalue weighted by atomic mass is 10.1. The van der Waals surface area contributed by atoms with Crippen molar-refractivity contribution in [3.8, 4) is 32.6 Å². The third-order valence-electron chi connectivity index (χ3n) is 4.68. The molecule has 2 aromatic carbocycles. The molecular weight excluding hydrogens is 428 g/mol. The first kappa shape index (κ1) is 19.4. The average molecular weight is 445 g/mol. The van der Waals surface area contributed by atoms with Crippen molar-refractivity contribution in [1.29, 1.82) is 0 Å². The lowest BCUT2D eigenvalue weighted by Crippen LogP contribution is -2.08. The molecule has 0 spiro atoms. The molecule has 0 unspecified atom stereocenters. The predicted molar refractivity (Wildman–Crippen MR) is 124 cm³/mol. The molecule has 0 fully saturated rings. The van der Waals surface area contributed by atoms with Crippen LogP contribution in [0.4, 0.5) is 0 Å². The number of benzene rings is 2. The van der Waals surface area contributed by atoms with Crippen LogP contribution in [0.3, 0.4) is 0 Å². The molecule has 0 amide bonds. The SMILES string of the molecule is COc1ccc(OC(=O)c2ccc3nc(-c4cccs4)c(-c4cccs4)nc3c2)cc1. The van der Waals surface area contributed by atoms with Gasteiger partial charge in [-0.15, -0.1) is 22.7 Å². The Bertz CT molecular complexity index is 1350. The number of aromatic nitrogens is 2. The predicted octanol–water partition coefficient (Wildman–Crippen LogP) is 6.31. The van der Waals surface area contributed by atoms with Crippen molar-refractivity contribution in [3.63, 3.8) is 0 Å². The van der Waals surface area contributed by atoms with Gasteiger partial charge >= 0.3 is 5.97 Å². The van der Waals surface area contributed by atoms with Gasteiger partial charge in [-0.25, -0.2) is 14.8 Å². The maximum Gasteiger partial charge on any atom is 0.343 e. The molecule has 3 aromatic heterocycles. The Hall–Kier alpha value is -3.55. The van der Waals surface area contributed by atoms with Gasteiger partial charge in [0.1, 0.15) is 22.9 Å². The van der Waals surface area contributed by atoms with E-state index in [1.165, 1.54) is 0 Å². The summed E-state index contributed by atoms with van der Waals surface area (Å²) in [5.41, 5.74) is 3.44. The van der Waals surface area contributed by atoms with Gasteiger partial charge in [0.15, 0.2) is 0 Å². The Morgan fingerprint density at radius 2 is 1.39 bits per heavy atom. The van der Waals surface area contributed by atoms with Crippen LogP contribution in [-0.2, 0) is 0 Å². The summed E-state index contributed by atoms with van der Waals surface area (Å²) in [4.78, 5) is 24.5. The quantitative estimate of drug-likeness (QED) is 0.235. The summed E-state index contributed by atoms with van der Waals surface area (Å²) in [6.45, 7) is 0. The zero-order valence-electron chi connectivity index (χ0n) is 16.4. The van der Waals surface area contributed by atoms with Crippen LogP contribution >= 0.6 is 22.7 Å². The lowest BCUT2D eigenvalue weighted by Gasteiger charge is -2.09. The first-order valence-electron chi connectivity index (χ1n) is 9.47. The normalized spacial score (nSPS) is 10.9. The first-order valence-corrected chi connectivity index (χ1v) is 11.2. The molecule has 7 heteroatoms. The van der Waals surface area contributed by atoms with E-state index in [0.29, 0.717) is 22.6 Å². The number of carbonyl (C=O) groups is 1. The highest BCUT2D eigenvalue weighted by molar-refractivity contribution is 7.14. The molecule has 0 aliphatic heterocycles. The number of methoxy groups -OCH3 is 1. The van der Waals surface area contributed by atoms with Gasteiger partial charge < -0.3 is 9.47 Å². The largest absolute Gasteiger partial charge is 0.497 e. The van der Waals surface area contributed by atoms with E-state index < -0.39 is 5.97 Å². The zero-order chi connectivity index (χ0) is 21.2. The highest BCUT2D eigenvalue weighted by atomic mass is 32.1. The fraction of sp³-hybridized carbons (Fsp3) is 0.0417. The molecule has 31 heavy (non-hydrogen) atoms. The van der Waals surface area contributed by atoms with Gasteiger partial charge in [0.05, 0.1) is 33.5 Å². The minimum Gasteiger partial charge on any atom is -0.497 e. The van der Waals surface area contributed by atoms with Crippen LogP contribution < -0.4 is 9.47 Å². The Labute approximate surface area is 186 Å². The molecule has 5 aromatic rings. The van der Waals surface area contributed by atoms with Crippen LogP contribution in [-0.4, -0.2) is 23.0 Å². The van der Waals surface area contributed by atoms with Crippen molar-refractivity contribution in [2.24, 2.45) is 0 Å². The zero-order valence-corrected chi connectivity index (χ0v) is 18.1. The molecule has 0 N–H and O–H groups in total. The summed E-state index contributed by atoms with van der Waals surface area (Å²) in [7, 11) is 1.59. The number of rotatable bonds is 5. The van der Waals surface area contributed by atoms with Crippen LogP contribution in [0.15, 0.2) is 77.5 Å². The number of hydrogen-bond acceptors (Lipinski definition) is 7. The summed E-state index contributed by atoms with van der Waals surface area (Å²) >= 11 is 3.24. The van der Waals surface area contributed by atoms with Crippen molar-refractivity contribution in [2.75, 3.05) is 7.11 Å². The van der Waals surface area contributed by atoms with E-state index >= 15 is 0 Å². The number of nitrogens with zero attached hydrogens (tertiary/aromatic N) is 2. The second-order valence-electron chi connectivity index (χ2n) is 6.64. The fourth-order valence-electron chi connectivity index (χ4n) is 3.16. The minimum absolute atomic E-state index is 0.415. The minimum atomic E-state index is -0.450. The van der Waals surface area contributed by atoms with E-state index in [1.54, 1.807) is 66.2 Å². The second-order valence-corrected chi connectivity index (χ2v) is 8.54. The van der Waals surface area contributed by atoms with Crippen LogP contribution in [0.2, 0.25) is 0 Å². The van der Waals surface area contributed by atoms with E-state index in [-0.39, 0.29) is 0 Å². The summed E-state index contributed by atoms with van der Waals surface area (Å²) in [5.74, 6) is 0.696. The maximum atomic E-state index is 12.7. The van der Waals surface area contributed by atoms with Crippen molar-refractivity contribution < 1.29 is 14.3 Å². The monoisotopic (exact) mass is 444 g/mol. The molecular formula is C24H16N2O3S2. The fourth-order valence-corrected chi connectivity index (χ4v) is 4.59. The summed E-state index contributed by atoms with van der Waals surface area (Å²) < 4.78 is 10.6. The molecule has 5 nitrogen and oxygen atoms in total. The van der Waals surface area contributed by atoms with Gasteiger partial charge in [-0.2, -0.15) is 0 Å². The lowest BCUT2D eigenvalue weighted by molar-refractivity contribution is 0.0735. The molecule has 0 atom stereocenters. The van der Waals surface area contributed by atoms with Crippen LogP contribution in [0.5, 0.6) is 11.5 Å². The second kappa shape index (κ2) is 8.29. The third-order valence-corrected chi connectivity index (χ3v) is 6.43. The van der Waals surface area contributed by atoms with Gasteiger partial charge in [0, 0.05) is 0 Å². The topological polar surface area (TPSA) is 61.3 Å². The highest BCUT2D eigenvalue weighted by Gasteiger charge is 2.17. The van der Waals surface area contributed by atoms with E-state index in [9.17, 15) is 4.79 Å². The van der Waals surface area contributed by atoms with Gasteiger partial charge in [-0.05, 0) is 65.4 Å². The Kier molecular flexibility index (Phi) is 5.19. The molecule has 3 heterocycles. The molecule has 0 aliphatic rings. The number of ether oxygens (including phenoxy) is 2. The molecule has 0 saturated carbocycles. The van der Waals surface area contributed by atoms with Gasteiger partial charge in [-0.1, -0.05) is 12.1 Å². The molecule has 0 bridgehead atoms. The van der Waals surface area contributed by atoms with Gasteiger partial charge in [-0.3, -0.25) is 0 Å². The van der Waals surface area contributed by atoms with Gasteiger partial charge in [0.25, 0.3) is 0 Å². The van der Waals surface area contributed by atoms with Crippen molar-refractivity contribution in [2.45, 2.75) is 0 Å². The number of thiophene rings is 2. The standard InChI is InChI=1S/C24H16N2O3S2/c1-28-16-7-9-17(10-8-16)29-24(27)15-6-11-18-19(14-15)26-23(21-5-3-13-31-21)22(25-18)20-4-2-12-30-20/h2-14H,1H3. The van der Waals surface area contributed by atoms with E-state index in [0.717, 1.165) is 26.7 Å². The summed E-state index contributed by atoms with van der Waals surface area (Å²) in [6, 6.07) is 20.2. The van der Waals surface area contributed by atoms with E-state index in [4.69, 9.17) is 19.4 Å².